The highest BCUT2D eigenvalue weighted by Gasteiger charge is 2.39. The monoisotopic (exact) mass is 331 g/mol. The molecule has 2 fully saturated rings. The lowest BCUT2D eigenvalue weighted by molar-refractivity contribution is 0.578. The zero-order valence-electron chi connectivity index (χ0n) is 11.7. The minimum Gasteiger partial charge on any atom is -0.368 e. The predicted molar refractivity (Wildman–Crippen MR) is 91.9 cm³/mol. The fourth-order valence-electron chi connectivity index (χ4n) is 3.63. The number of hydrogen-bond donors (Lipinski definition) is 2. The Hall–Kier alpha value is -1.63. The zero-order chi connectivity index (χ0) is 14.8. The molecule has 22 heavy (non-hydrogen) atoms. The maximum atomic E-state index is 6.15. The van der Waals surface area contributed by atoms with Crippen LogP contribution in [0.25, 0.3) is 20.3 Å². The summed E-state index contributed by atoms with van der Waals surface area (Å²) in [7, 11) is 0. The summed E-state index contributed by atoms with van der Waals surface area (Å²) in [6.45, 7) is 2.01. The molecule has 0 aliphatic carbocycles. The van der Waals surface area contributed by atoms with Crippen molar-refractivity contribution in [1.29, 1.82) is 0 Å². The van der Waals surface area contributed by atoms with Gasteiger partial charge in [-0.3, -0.25) is 0 Å². The van der Waals surface area contributed by atoms with E-state index in [4.69, 9.17) is 17.3 Å². The normalized spacial score (nSPS) is 24.0. The van der Waals surface area contributed by atoms with Gasteiger partial charge < -0.3 is 16.0 Å². The molecular weight excluding hydrogens is 318 g/mol. The molecule has 2 aliphatic rings. The Kier molecular flexibility index (Phi) is 2.60. The number of piperazine rings is 1. The lowest BCUT2D eigenvalue weighted by Crippen LogP contribution is -2.44. The number of nitrogens with zero attached hydrogens (tertiary/aromatic N) is 3. The highest BCUT2D eigenvalue weighted by atomic mass is 35.5. The van der Waals surface area contributed by atoms with Crippen molar-refractivity contribution in [3.63, 3.8) is 0 Å². The van der Waals surface area contributed by atoms with Crippen LogP contribution < -0.4 is 16.0 Å². The second-order valence-corrected chi connectivity index (χ2v) is 7.46. The molecule has 2 atom stereocenters. The van der Waals surface area contributed by atoms with Crippen LogP contribution in [0, 0.1) is 0 Å². The van der Waals surface area contributed by atoms with Crippen molar-refractivity contribution >= 4 is 55.0 Å². The Bertz CT molecular complexity index is 908. The van der Waals surface area contributed by atoms with E-state index >= 15 is 0 Å². The maximum absolute atomic E-state index is 6.15. The first-order valence-electron chi connectivity index (χ1n) is 7.34. The molecule has 0 spiro atoms. The van der Waals surface area contributed by atoms with Gasteiger partial charge in [0.2, 0.25) is 5.95 Å². The summed E-state index contributed by atoms with van der Waals surface area (Å²) in [4.78, 5) is 11.4. The molecule has 0 radical (unpaired) electrons. The minimum atomic E-state index is 0.331. The lowest BCUT2D eigenvalue weighted by atomic mass is 10.2. The number of rotatable bonds is 1. The molecule has 2 aromatic heterocycles. The van der Waals surface area contributed by atoms with Crippen molar-refractivity contribution in [3.8, 4) is 0 Å². The van der Waals surface area contributed by atoms with Gasteiger partial charge in [0.15, 0.2) is 5.82 Å². The van der Waals surface area contributed by atoms with Crippen molar-refractivity contribution in [2.24, 2.45) is 0 Å². The minimum absolute atomic E-state index is 0.331. The third-order valence-corrected chi connectivity index (χ3v) is 5.99. The third kappa shape index (κ3) is 1.74. The molecule has 0 amide bonds. The number of hydrogen-bond acceptors (Lipinski definition) is 6. The number of benzene rings is 1. The van der Waals surface area contributed by atoms with E-state index in [2.05, 4.69) is 20.2 Å². The number of aromatic nitrogens is 2. The smallest absolute Gasteiger partial charge is 0.222 e. The van der Waals surface area contributed by atoms with E-state index in [0.29, 0.717) is 18.0 Å². The number of anilines is 2. The van der Waals surface area contributed by atoms with Crippen LogP contribution >= 0.6 is 22.9 Å². The van der Waals surface area contributed by atoms with Crippen LogP contribution in [0.1, 0.15) is 6.42 Å². The number of thiophene rings is 1. The first-order valence-corrected chi connectivity index (χ1v) is 8.54. The van der Waals surface area contributed by atoms with Gasteiger partial charge in [0.05, 0.1) is 10.2 Å². The Morgan fingerprint density at radius 2 is 2.27 bits per heavy atom. The molecule has 3 N–H and O–H groups in total. The van der Waals surface area contributed by atoms with Gasteiger partial charge in [-0.1, -0.05) is 11.6 Å². The van der Waals surface area contributed by atoms with E-state index in [-0.39, 0.29) is 0 Å². The zero-order valence-corrected chi connectivity index (χ0v) is 13.3. The molecule has 7 heteroatoms. The Morgan fingerprint density at radius 1 is 1.36 bits per heavy atom. The quantitative estimate of drug-likeness (QED) is 0.717. The number of nitrogens with one attached hydrogen (secondary N) is 1. The van der Waals surface area contributed by atoms with Gasteiger partial charge in [0.1, 0.15) is 0 Å². The van der Waals surface area contributed by atoms with Crippen LogP contribution in [-0.4, -0.2) is 35.1 Å². The van der Waals surface area contributed by atoms with Crippen LogP contribution in [0.3, 0.4) is 0 Å². The van der Waals surface area contributed by atoms with Crippen molar-refractivity contribution in [1.82, 2.24) is 15.3 Å². The first kappa shape index (κ1) is 12.9. The van der Waals surface area contributed by atoms with Crippen molar-refractivity contribution in [3.05, 3.63) is 23.2 Å². The topological polar surface area (TPSA) is 67.1 Å². The summed E-state index contributed by atoms with van der Waals surface area (Å²) in [6.07, 6.45) is 1.18. The average Bonchev–Trinajstić information content (AvgIpc) is 3.20. The molecule has 5 nitrogen and oxygen atoms in total. The summed E-state index contributed by atoms with van der Waals surface area (Å²) < 4.78 is 2.28. The molecule has 112 valence electrons. The molecule has 3 aromatic rings. The van der Waals surface area contributed by atoms with E-state index in [1.807, 2.05) is 18.2 Å². The Morgan fingerprint density at radius 3 is 3.05 bits per heavy atom. The maximum Gasteiger partial charge on any atom is 0.222 e. The van der Waals surface area contributed by atoms with E-state index in [9.17, 15) is 0 Å². The molecule has 1 aromatic carbocycles. The molecule has 5 rings (SSSR count). The molecule has 2 aliphatic heterocycles. The number of fused-ring (bicyclic) bond motifs is 5. The highest BCUT2D eigenvalue weighted by Crippen LogP contribution is 2.41. The fraction of sp³-hybridized carbons (Fsp3) is 0.333. The molecular formula is C15H14ClN5S. The second-order valence-electron chi connectivity index (χ2n) is 5.97. The van der Waals surface area contributed by atoms with Gasteiger partial charge in [-0.15, -0.1) is 11.3 Å². The van der Waals surface area contributed by atoms with Crippen molar-refractivity contribution in [2.75, 3.05) is 23.7 Å². The molecule has 4 heterocycles. The summed E-state index contributed by atoms with van der Waals surface area (Å²) in [5.41, 5.74) is 6.90. The van der Waals surface area contributed by atoms with Gasteiger partial charge in [0, 0.05) is 40.3 Å². The van der Waals surface area contributed by atoms with Crippen molar-refractivity contribution in [2.45, 2.75) is 18.5 Å². The summed E-state index contributed by atoms with van der Waals surface area (Å²) in [5, 5.41) is 5.30. The largest absolute Gasteiger partial charge is 0.368 e. The van der Waals surface area contributed by atoms with Crippen LogP contribution in [-0.2, 0) is 0 Å². The van der Waals surface area contributed by atoms with Gasteiger partial charge in [-0.25, -0.2) is 4.98 Å². The average molecular weight is 332 g/mol. The van der Waals surface area contributed by atoms with E-state index in [1.165, 1.54) is 11.1 Å². The highest BCUT2D eigenvalue weighted by molar-refractivity contribution is 7.26. The number of nitrogen functional groups attached to an aromatic ring is 1. The summed E-state index contributed by atoms with van der Waals surface area (Å²) in [5.74, 6) is 1.31. The van der Waals surface area contributed by atoms with Gasteiger partial charge >= 0.3 is 0 Å². The second kappa shape index (κ2) is 4.44. The standard InChI is InChI=1S/C15H14ClN5S/c16-7-1-2-11-10(3-7)12-13(22-11)14(20-15(17)19-12)21-6-8-4-9(21)5-18-8/h1-3,8-9,18H,4-6H2,(H2,17,19,20)/t8-,9+/m0/s1. The van der Waals surface area contributed by atoms with Gasteiger partial charge in [-0.2, -0.15) is 4.98 Å². The molecule has 2 saturated heterocycles. The third-order valence-electron chi connectivity index (χ3n) is 4.60. The first-order chi connectivity index (χ1) is 10.7. The molecule has 2 bridgehead atoms. The Balaban J connectivity index is 1.79. The fourth-order valence-corrected chi connectivity index (χ4v) is 4.93. The molecule has 0 saturated carbocycles. The van der Waals surface area contributed by atoms with E-state index in [0.717, 1.165) is 39.5 Å². The SMILES string of the molecule is Nc1nc(N2C[C@@H]3C[C@@H]2CN3)c2sc3ccc(Cl)cc3c2n1. The molecule has 0 unspecified atom stereocenters. The Labute approximate surface area is 136 Å². The van der Waals surface area contributed by atoms with Gasteiger partial charge in [0.25, 0.3) is 0 Å². The van der Waals surface area contributed by atoms with Gasteiger partial charge in [-0.05, 0) is 24.6 Å². The van der Waals surface area contributed by atoms with Crippen LogP contribution in [0.2, 0.25) is 5.02 Å². The van der Waals surface area contributed by atoms with E-state index in [1.54, 1.807) is 11.3 Å². The lowest BCUT2D eigenvalue weighted by Gasteiger charge is -2.28. The van der Waals surface area contributed by atoms with Crippen LogP contribution in [0.15, 0.2) is 18.2 Å². The van der Waals surface area contributed by atoms with Crippen LogP contribution in [0.5, 0.6) is 0 Å². The van der Waals surface area contributed by atoms with Crippen LogP contribution in [0.4, 0.5) is 11.8 Å². The van der Waals surface area contributed by atoms with Crippen molar-refractivity contribution < 1.29 is 0 Å². The number of halogens is 1. The number of nitrogens with two attached hydrogens (primary N) is 1. The van der Waals surface area contributed by atoms with E-state index < -0.39 is 0 Å². The predicted octanol–water partition coefficient (Wildman–Crippen LogP) is 2.63. The summed E-state index contributed by atoms with van der Waals surface area (Å²) >= 11 is 7.86. The summed E-state index contributed by atoms with van der Waals surface area (Å²) in [6, 6.07) is 7.00.